The van der Waals surface area contributed by atoms with E-state index in [9.17, 15) is 0 Å². The van der Waals surface area contributed by atoms with Crippen LogP contribution in [0.15, 0.2) is 76.9 Å². The summed E-state index contributed by atoms with van der Waals surface area (Å²) >= 11 is 14.5. The van der Waals surface area contributed by atoms with Crippen LogP contribution in [0, 0.1) is 6.92 Å². The maximum atomic E-state index is 5.91. The smallest absolute Gasteiger partial charge is 0.179 e. The third-order valence-corrected chi connectivity index (χ3v) is 5.87. The van der Waals surface area contributed by atoms with Crippen molar-refractivity contribution < 1.29 is 4.42 Å². The Morgan fingerprint density at radius 1 is 1.04 bits per heavy atom. The molecule has 0 spiro atoms. The largest absolute Gasteiger partial charge is 0.447 e. The summed E-state index contributed by atoms with van der Waals surface area (Å²) in [7, 11) is 0. The van der Waals surface area contributed by atoms with Crippen LogP contribution in [0.3, 0.4) is 0 Å². The molecule has 2 nitrogen and oxygen atoms in total. The van der Waals surface area contributed by atoms with Crippen molar-refractivity contribution in [2.75, 3.05) is 0 Å². The predicted molar refractivity (Wildman–Crippen MR) is 108 cm³/mol. The van der Waals surface area contributed by atoms with E-state index in [1.165, 1.54) is 17.3 Å². The van der Waals surface area contributed by atoms with Crippen molar-refractivity contribution in [3.05, 3.63) is 73.8 Å². The molecule has 0 aliphatic carbocycles. The zero-order valence-corrected chi connectivity index (χ0v) is 17.3. The number of furan rings is 1. The molecule has 0 saturated heterocycles. The summed E-state index contributed by atoms with van der Waals surface area (Å²) in [6.07, 6.45) is 1.71. The van der Waals surface area contributed by atoms with E-state index in [4.69, 9.17) is 16.0 Å². The van der Waals surface area contributed by atoms with Crippen LogP contribution >= 0.6 is 55.2 Å². The summed E-state index contributed by atoms with van der Waals surface area (Å²) in [5, 5.41) is 1.50. The Morgan fingerprint density at radius 3 is 2.50 bits per heavy atom. The molecular formula is C18H12Br2ClNOS. The summed E-state index contributed by atoms with van der Waals surface area (Å²) in [5.41, 5.74) is 2.04. The number of benzene rings is 2. The Hall–Kier alpha value is -1.01. The molecule has 1 heterocycles. The molecule has 2 aromatic carbocycles. The molecule has 6 heteroatoms. The van der Waals surface area contributed by atoms with Gasteiger partial charge >= 0.3 is 0 Å². The highest BCUT2D eigenvalue weighted by molar-refractivity contribution is 9.10. The van der Waals surface area contributed by atoms with E-state index in [-0.39, 0.29) is 0 Å². The summed E-state index contributed by atoms with van der Waals surface area (Å²) < 4.78 is 7.71. The molecule has 1 aromatic heterocycles. The third-order valence-electron chi connectivity index (χ3n) is 3.13. The lowest BCUT2D eigenvalue weighted by Gasteiger charge is -1.99. The van der Waals surface area contributed by atoms with Gasteiger partial charge in [-0.15, -0.1) is 0 Å². The zero-order chi connectivity index (χ0) is 17.1. The summed E-state index contributed by atoms with van der Waals surface area (Å²) in [5.74, 6) is 0.686. The fourth-order valence-corrected chi connectivity index (χ4v) is 4.01. The minimum atomic E-state index is 0.686. The van der Waals surface area contributed by atoms with Gasteiger partial charge in [0.2, 0.25) is 0 Å². The molecule has 0 aliphatic rings. The Labute approximate surface area is 166 Å². The van der Waals surface area contributed by atoms with Crippen LogP contribution in [0.1, 0.15) is 11.3 Å². The lowest BCUT2D eigenvalue weighted by molar-refractivity contribution is 0.466. The highest BCUT2D eigenvalue weighted by Gasteiger charge is 2.10. The van der Waals surface area contributed by atoms with E-state index >= 15 is 0 Å². The standard InChI is InChI=1S/C18H12Br2ClNOS/c1-11-2-7-17(15(19)8-11)22-10-13-9-16(20)18(23-13)24-14-5-3-12(21)4-6-14/h2-10H,1H3. The minimum absolute atomic E-state index is 0.686. The van der Waals surface area contributed by atoms with Crippen LogP contribution in [0.5, 0.6) is 0 Å². The predicted octanol–water partition coefficient (Wildman–Crippen LogP) is 7.67. The number of aliphatic imine (C=N–C) groups is 1. The molecule has 0 saturated carbocycles. The van der Waals surface area contributed by atoms with Gasteiger partial charge in [0.05, 0.1) is 16.4 Å². The van der Waals surface area contributed by atoms with Gasteiger partial charge < -0.3 is 4.42 Å². The number of rotatable bonds is 4. The van der Waals surface area contributed by atoms with Crippen LogP contribution in [0.25, 0.3) is 0 Å². The Bertz CT molecular complexity index is 891. The number of aryl methyl sites for hydroxylation is 1. The van der Waals surface area contributed by atoms with Crippen LogP contribution in [-0.4, -0.2) is 6.21 Å². The number of hydrogen-bond donors (Lipinski definition) is 0. The van der Waals surface area contributed by atoms with Crippen molar-refractivity contribution in [2.45, 2.75) is 16.9 Å². The average Bonchev–Trinajstić information content (AvgIpc) is 2.89. The van der Waals surface area contributed by atoms with Crippen molar-refractivity contribution in [1.29, 1.82) is 0 Å². The molecule has 0 aliphatic heterocycles. The Kier molecular flexibility index (Phi) is 5.87. The van der Waals surface area contributed by atoms with E-state index in [1.54, 1.807) is 6.21 Å². The first-order valence-corrected chi connectivity index (χ1v) is 9.82. The van der Waals surface area contributed by atoms with Gasteiger partial charge in [0.15, 0.2) is 5.09 Å². The number of halogens is 3. The van der Waals surface area contributed by atoms with E-state index in [1.807, 2.05) is 55.5 Å². The van der Waals surface area contributed by atoms with Crippen LogP contribution < -0.4 is 0 Å². The summed E-state index contributed by atoms with van der Waals surface area (Å²) in [4.78, 5) is 5.53. The van der Waals surface area contributed by atoms with Crippen LogP contribution in [0.2, 0.25) is 5.02 Å². The molecule has 122 valence electrons. The highest BCUT2D eigenvalue weighted by Crippen LogP contribution is 2.36. The van der Waals surface area contributed by atoms with Crippen molar-refractivity contribution in [3.8, 4) is 0 Å². The zero-order valence-electron chi connectivity index (χ0n) is 12.6. The molecule has 0 fully saturated rings. The Balaban J connectivity index is 1.78. The monoisotopic (exact) mass is 483 g/mol. The first-order chi connectivity index (χ1) is 11.5. The highest BCUT2D eigenvalue weighted by atomic mass is 79.9. The normalized spacial score (nSPS) is 11.3. The van der Waals surface area contributed by atoms with Gasteiger partial charge in [-0.25, -0.2) is 0 Å². The SMILES string of the molecule is Cc1ccc(N=Cc2cc(Br)c(Sc3ccc(Cl)cc3)o2)c(Br)c1. The maximum absolute atomic E-state index is 5.91. The van der Waals surface area contributed by atoms with E-state index in [0.717, 1.165) is 24.6 Å². The van der Waals surface area contributed by atoms with Gasteiger partial charge in [-0.2, -0.15) is 0 Å². The van der Waals surface area contributed by atoms with Gasteiger partial charge in [0, 0.05) is 20.5 Å². The lowest BCUT2D eigenvalue weighted by Crippen LogP contribution is -1.77. The summed E-state index contributed by atoms with van der Waals surface area (Å²) in [6, 6.07) is 15.6. The van der Waals surface area contributed by atoms with Gasteiger partial charge in [-0.3, -0.25) is 4.99 Å². The fourth-order valence-electron chi connectivity index (χ4n) is 1.96. The van der Waals surface area contributed by atoms with E-state index in [0.29, 0.717) is 10.8 Å². The minimum Gasteiger partial charge on any atom is -0.447 e. The fraction of sp³-hybridized carbons (Fsp3) is 0.0556. The van der Waals surface area contributed by atoms with Gasteiger partial charge in [-0.05, 0) is 80.7 Å². The molecular weight excluding hydrogens is 474 g/mol. The van der Waals surface area contributed by atoms with Crippen LogP contribution in [0.4, 0.5) is 5.69 Å². The average molecular weight is 486 g/mol. The van der Waals surface area contributed by atoms with Crippen molar-refractivity contribution in [1.82, 2.24) is 0 Å². The molecule has 0 bridgehead atoms. The quantitative estimate of drug-likeness (QED) is 0.354. The summed E-state index contributed by atoms with van der Waals surface area (Å²) in [6.45, 7) is 2.04. The first kappa shape index (κ1) is 17.8. The van der Waals surface area contributed by atoms with E-state index < -0.39 is 0 Å². The molecule has 0 radical (unpaired) electrons. The molecule has 24 heavy (non-hydrogen) atoms. The van der Waals surface area contributed by atoms with Gasteiger partial charge in [-0.1, -0.05) is 29.4 Å². The van der Waals surface area contributed by atoms with Crippen molar-refractivity contribution in [3.63, 3.8) is 0 Å². The molecule has 0 amide bonds. The first-order valence-electron chi connectivity index (χ1n) is 7.04. The van der Waals surface area contributed by atoms with Gasteiger partial charge in [0.1, 0.15) is 5.76 Å². The molecule has 3 rings (SSSR count). The molecule has 0 N–H and O–H groups in total. The second kappa shape index (κ2) is 7.91. The van der Waals surface area contributed by atoms with E-state index in [2.05, 4.69) is 36.9 Å². The van der Waals surface area contributed by atoms with Gasteiger partial charge in [0.25, 0.3) is 0 Å². The van der Waals surface area contributed by atoms with Crippen LogP contribution in [-0.2, 0) is 0 Å². The molecule has 0 atom stereocenters. The molecule has 0 unspecified atom stereocenters. The maximum Gasteiger partial charge on any atom is 0.179 e. The topological polar surface area (TPSA) is 25.5 Å². The number of nitrogens with zero attached hydrogens (tertiary/aromatic N) is 1. The van der Waals surface area contributed by atoms with Crippen molar-refractivity contribution >= 4 is 67.1 Å². The second-order valence-electron chi connectivity index (χ2n) is 5.05. The lowest BCUT2D eigenvalue weighted by atomic mass is 10.2. The Morgan fingerprint density at radius 2 is 1.79 bits per heavy atom. The third kappa shape index (κ3) is 4.54. The molecule has 3 aromatic rings. The second-order valence-corrected chi connectivity index (χ2v) is 8.24. The number of hydrogen-bond acceptors (Lipinski definition) is 3. The van der Waals surface area contributed by atoms with Crippen molar-refractivity contribution in [2.24, 2.45) is 4.99 Å².